The van der Waals surface area contributed by atoms with Crippen molar-refractivity contribution in [3.05, 3.63) is 52.8 Å². The van der Waals surface area contributed by atoms with E-state index < -0.39 is 5.97 Å². The van der Waals surface area contributed by atoms with Crippen molar-refractivity contribution in [2.45, 2.75) is 52.2 Å². The summed E-state index contributed by atoms with van der Waals surface area (Å²) in [5.74, 6) is -1.12. The molecule has 33 heavy (non-hydrogen) atoms. The molecule has 9 nitrogen and oxygen atoms in total. The number of aromatic nitrogens is 3. The lowest BCUT2D eigenvalue weighted by Crippen LogP contribution is -2.30. The van der Waals surface area contributed by atoms with Gasteiger partial charge in [-0.3, -0.25) is 4.79 Å². The number of hydrogen-bond donors (Lipinski definition) is 2. The lowest BCUT2D eigenvalue weighted by Gasteiger charge is -2.26. The van der Waals surface area contributed by atoms with Crippen molar-refractivity contribution in [1.82, 2.24) is 20.1 Å². The molecule has 0 atom stereocenters. The minimum atomic E-state index is -0.816. The summed E-state index contributed by atoms with van der Waals surface area (Å²) in [6.07, 6.45) is 4.36. The summed E-state index contributed by atoms with van der Waals surface area (Å²) in [5.41, 5.74) is 4.17. The van der Waals surface area contributed by atoms with Crippen LogP contribution in [0.4, 0.5) is 5.69 Å². The largest absolute Gasteiger partial charge is 0.561 e. The molecule has 0 unspecified atom stereocenters. The Bertz CT molecular complexity index is 1170. The molecule has 0 spiro atoms. The third-order valence-corrected chi connectivity index (χ3v) is 5.99. The normalized spacial score (nSPS) is 14.4. The highest BCUT2D eigenvalue weighted by Gasteiger charge is 2.22. The number of nitrogens with one attached hydrogen (secondary N) is 2. The predicted molar refractivity (Wildman–Crippen MR) is 126 cm³/mol. The first-order valence-electron chi connectivity index (χ1n) is 11.4. The summed E-state index contributed by atoms with van der Waals surface area (Å²) < 4.78 is 7.40. The number of fused-ring (bicyclic) bond motifs is 1. The molecule has 0 saturated carbocycles. The quantitative estimate of drug-likeness (QED) is 0.506. The van der Waals surface area contributed by atoms with Crippen LogP contribution in [0.5, 0.6) is 0 Å². The van der Waals surface area contributed by atoms with Gasteiger partial charge in [0.1, 0.15) is 5.56 Å². The molecule has 1 saturated heterocycles. The molecule has 4 N–H and O–H groups in total. The van der Waals surface area contributed by atoms with Gasteiger partial charge in [-0.05, 0) is 44.4 Å². The number of anilines is 1. The van der Waals surface area contributed by atoms with Crippen LogP contribution in [0.25, 0.3) is 11.0 Å². The summed E-state index contributed by atoms with van der Waals surface area (Å²) in [4.78, 5) is 29.1. The molecular formula is C24H30N5O4+. The second-order valence-corrected chi connectivity index (χ2v) is 8.09. The summed E-state index contributed by atoms with van der Waals surface area (Å²) in [7, 11) is 0. The number of aryl methyl sites for hydroxylation is 2. The maximum absolute atomic E-state index is 12.9. The Hall–Kier alpha value is -3.46. The number of carbonyl (C=O) groups excluding carboxylic acids is 2. The second kappa shape index (κ2) is 9.99. The average molecular weight is 453 g/mol. The summed E-state index contributed by atoms with van der Waals surface area (Å²) in [6, 6.07) is 6.49. The number of rotatable bonds is 8. The minimum Gasteiger partial charge on any atom is -0.561 e. The molecule has 3 aromatic rings. The molecule has 1 fully saturated rings. The van der Waals surface area contributed by atoms with E-state index in [1.165, 1.54) is 12.1 Å². The van der Waals surface area contributed by atoms with Crippen LogP contribution in [0.2, 0.25) is 0 Å². The van der Waals surface area contributed by atoms with Gasteiger partial charge in [0, 0.05) is 54.0 Å². The molecule has 0 radical (unpaired) electrons. The third kappa shape index (κ3) is 4.83. The minimum absolute atomic E-state index is 0.189. The highest BCUT2D eigenvalue weighted by Crippen LogP contribution is 2.31. The highest BCUT2D eigenvalue weighted by atomic mass is 16.5. The van der Waals surface area contributed by atoms with Gasteiger partial charge < -0.3 is 20.5 Å². The van der Waals surface area contributed by atoms with Crippen LogP contribution in [0.15, 0.2) is 30.5 Å². The zero-order chi connectivity index (χ0) is 23.4. The fraction of sp³-hybridized carbons (Fsp3) is 0.417. The number of benzene rings is 1. The van der Waals surface area contributed by atoms with E-state index in [9.17, 15) is 9.59 Å². The molecule has 1 aliphatic rings. The Balaban J connectivity index is 1.67. The van der Waals surface area contributed by atoms with E-state index in [-0.39, 0.29) is 24.1 Å². The molecular weight excluding hydrogens is 422 g/mol. The van der Waals surface area contributed by atoms with Crippen molar-refractivity contribution in [2.24, 2.45) is 0 Å². The molecule has 1 aliphatic heterocycles. The van der Waals surface area contributed by atoms with Gasteiger partial charge in [0.15, 0.2) is 5.65 Å². The molecule has 0 bridgehead atoms. The monoisotopic (exact) mass is 452 g/mol. The van der Waals surface area contributed by atoms with Gasteiger partial charge in [0.05, 0.1) is 17.3 Å². The van der Waals surface area contributed by atoms with E-state index in [1.807, 2.05) is 24.7 Å². The maximum Gasteiger partial charge on any atom is 0.549 e. The van der Waals surface area contributed by atoms with Gasteiger partial charge >= 0.3 is 5.97 Å². The zero-order valence-corrected chi connectivity index (χ0v) is 19.0. The van der Waals surface area contributed by atoms with Gasteiger partial charge in [0.25, 0.3) is 5.91 Å². The summed E-state index contributed by atoms with van der Waals surface area (Å²) >= 11 is 0. The molecule has 9 heteroatoms. The lowest BCUT2D eigenvalue weighted by molar-refractivity contribution is 0.0697. The van der Waals surface area contributed by atoms with E-state index in [0.29, 0.717) is 12.0 Å². The molecule has 1 aromatic carbocycles. The average Bonchev–Trinajstić information content (AvgIpc) is 3.26. The van der Waals surface area contributed by atoms with Crippen molar-refractivity contribution in [3.8, 4) is 0 Å². The Morgan fingerprint density at radius 1 is 1.21 bits per heavy atom. The Morgan fingerprint density at radius 3 is 2.67 bits per heavy atom. The standard InChI is InChI=1S/C24H29N5O4/c1-3-20-18(13-25-23(30)15-6-5-7-16(12-15)24(31)32)21(27-17-8-10-33-11-9-17)19-14-26-29(4-2)22(19)28-20/h5-7,12,14,17H,3-4,8-11,13H2,1-2H3,(H,25,30)(H,27,28)(H,31,32)/p+1. The van der Waals surface area contributed by atoms with Crippen LogP contribution < -0.4 is 10.6 Å². The molecule has 3 heterocycles. The van der Waals surface area contributed by atoms with Gasteiger partial charge in [-0.2, -0.15) is 5.10 Å². The Morgan fingerprint density at radius 2 is 1.97 bits per heavy atom. The fourth-order valence-corrected chi connectivity index (χ4v) is 4.17. The fourth-order valence-electron chi connectivity index (χ4n) is 4.17. The topological polar surface area (TPSA) is 121 Å². The number of ether oxygens (including phenoxy) is 1. The third-order valence-electron chi connectivity index (χ3n) is 5.99. The van der Waals surface area contributed by atoms with Gasteiger partial charge in [-0.15, -0.1) is 0 Å². The first kappa shape index (κ1) is 22.7. The van der Waals surface area contributed by atoms with Crippen molar-refractivity contribution >= 4 is 28.6 Å². The molecule has 2 aromatic heterocycles. The molecule has 4 rings (SSSR count). The van der Waals surface area contributed by atoms with E-state index in [4.69, 9.17) is 14.8 Å². The summed E-state index contributed by atoms with van der Waals surface area (Å²) in [5, 5.41) is 19.4. The van der Waals surface area contributed by atoms with Crippen LogP contribution >= 0.6 is 0 Å². The van der Waals surface area contributed by atoms with E-state index in [1.54, 1.807) is 12.1 Å². The van der Waals surface area contributed by atoms with Gasteiger partial charge in [0.2, 0.25) is 0 Å². The molecule has 1 amide bonds. The second-order valence-electron chi connectivity index (χ2n) is 8.09. The number of hydrogen-bond acceptors (Lipinski definition) is 6. The first-order valence-corrected chi connectivity index (χ1v) is 11.4. The Labute approximate surface area is 192 Å². The first-order chi connectivity index (χ1) is 16.0. The van der Waals surface area contributed by atoms with Crippen LogP contribution in [-0.4, -0.2) is 51.0 Å². The molecule has 0 aliphatic carbocycles. The van der Waals surface area contributed by atoms with Crippen LogP contribution in [0, 0.1) is 0 Å². The smallest absolute Gasteiger partial charge is 0.549 e. The zero-order valence-electron chi connectivity index (χ0n) is 19.0. The molecule has 174 valence electrons. The van der Waals surface area contributed by atoms with E-state index in [2.05, 4.69) is 15.7 Å². The van der Waals surface area contributed by atoms with Crippen LogP contribution in [0.3, 0.4) is 0 Å². The van der Waals surface area contributed by atoms with Gasteiger partial charge in [-0.1, -0.05) is 13.0 Å². The summed E-state index contributed by atoms with van der Waals surface area (Å²) in [6.45, 7) is 6.53. The van der Waals surface area contributed by atoms with Crippen LogP contribution in [-0.2, 0) is 24.2 Å². The van der Waals surface area contributed by atoms with Crippen LogP contribution in [0.1, 0.15) is 58.7 Å². The van der Waals surface area contributed by atoms with Crippen molar-refractivity contribution in [3.63, 3.8) is 0 Å². The SMILES string of the molecule is CCc1nc2c(cnn2CC)c(NC2CCOCC2)c1CNC(=O)c1cccc(C(=O)[OH2+])c1. The number of carbonyl (C=O) groups is 2. The van der Waals surface area contributed by atoms with Crippen molar-refractivity contribution in [1.29, 1.82) is 0 Å². The Kier molecular flexibility index (Phi) is 6.88. The van der Waals surface area contributed by atoms with E-state index in [0.717, 1.165) is 60.6 Å². The number of pyridine rings is 1. The van der Waals surface area contributed by atoms with Crippen molar-refractivity contribution < 1.29 is 19.4 Å². The van der Waals surface area contributed by atoms with E-state index >= 15 is 0 Å². The maximum atomic E-state index is 12.9. The highest BCUT2D eigenvalue weighted by molar-refractivity contribution is 5.98. The predicted octanol–water partition coefficient (Wildman–Crippen LogP) is 2.40. The lowest BCUT2D eigenvalue weighted by atomic mass is 10.0. The van der Waals surface area contributed by atoms with Gasteiger partial charge in [-0.25, -0.2) is 9.67 Å². The number of nitrogens with zero attached hydrogens (tertiary/aromatic N) is 3. The van der Waals surface area contributed by atoms with Crippen molar-refractivity contribution in [2.75, 3.05) is 18.5 Å². The number of amides is 1.